The molecule has 0 N–H and O–H groups in total. The summed E-state index contributed by atoms with van der Waals surface area (Å²) in [6.45, 7) is 11.2. The second-order valence-corrected chi connectivity index (χ2v) is 9.51. The Hall–Kier alpha value is -2.63. The quantitative estimate of drug-likeness (QED) is 0.349. The first-order valence-electron chi connectivity index (χ1n) is 11.7. The van der Waals surface area contributed by atoms with Gasteiger partial charge in [-0.05, 0) is 56.6 Å². The zero-order chi connectivity index (χ0) is 23.7. The van der Waals surface area contributed by atoms with Gasteiger partial charge in [-0.1, -0.05) is 52.3 Å². The molecule has 0 saturated heterocycles. The van der Waals surface area contributed by atoms with Gasteiger partial charge in [0.25, 0.3) is 5.56 Å². The van der Waals surface area contributed by atoms with E-state index in [4.69, 9.17) is 4.74 Å². The summed E-state index contributed by atoms with van der Waals surface area (Å²) < 4.78 is 8.36. The van der Waals surface area contributed by atoms with Gasteiger partial charge in [0, 0.05) is 18.8 Å². The zero-order valence-electron chi connectivity index (χ0n) is 20.2. The van der Waals surface area contributed by atoms with E-state index in [1.54, 1.807) is 0 Å². The lowest BCUT2D eigenvalue weighted by atomic mass is 9.73. The summed E-state index contributed by atoms with van der Waals surface area (Å²) in [6.07, 6.45) is 5.57. The summed E-state index contributed by atoms with van der Waals surface area (Å²) in [7, 11) is 0. The maximum absolute atomic E-state index is 12.7. The number of unbranched alkanes of at least 4 members (excludes halogenated alkanes) is 3. The number of para-hydroxylation sites is 1. The molecule has 0 fully saturated rings. The molecule has 1 atom stereocenters. The molecule has 0 saturated carbocycles. The van der Waals surface area contributed by atoms with Crippen LogP contribution in [0.4, 0.5) is 0 Å². The first-order chi connectivity index (χ1) is 15.2. The van der Waals surface area contributed by atoms with Crippen molar-refractivity contribution in [1.29, 1.82) is 0 Å². The highest BCUT2D eigenvalue weighted by molar-refractivity contribution is 5.76. The van der Waals surface area contributed by atoms with Crippen molar-refractivity contribution in [1.82, 2.24) is 9.13 Å². The van der Waals surface area contributed by atoms with E-state index in [-0.39, 0.29) is 23.1 Å². The second-order valence-electron chi connectivity index (χ2n) is 9.51. The van der Waals surface area contributed by atoms with Crippen LogP contribution in [0.3, 0.4) is 0 Å². The van der Waals surface area contributed by atoms with E-state index in [0.717, 1.165) is 37.8 Å². The van der Waals surface area contributed by atoms with Crippen LogP contribution in [0.2, 0.25) is 0 Å². The van der Waals surface area contributed by atoms with Gasteiger partial charge in [0.05, 0.1) is 17.7 Å². The molecule has 1 aromatic heterocycles. The molecule has 0 radical (unpaired) electrons. The number of hydrogen-bond acceptors (Lipinski definition) is 4. The third-order valence-electron chi connectivity index (χ3n) is 6.19. The Morgan fingerprint density at radius 1 is 0.969 bits per heavy atom. The van der Waals surface area contributed by atoms with Crippen molar-refractivity contribution >= 4 is 5.97 Å². The molecule has 32 heavy (non-hydrogen) atoms. The van der Waals surface area contributed by atoms with E-state index in [9.17, 15) is 14.4 Å². The van der Waals surface area contributed by atoms with Crippen molar-refractivity contribution in [3.8, 4) is 5.69 Å². The Morgan fingerprint density at radius 2 is 1.62 bits per heavy atom. The summed E-state index contributed by atoms with van der Waals surface area (Å²) in [4.78, 5) is 37.5. The maximum Gasteiger partial charge on any atom is 0.335 e. The average Bonchev–Trinajstić information content (AvgIpc) is 2.74. The molecular formula is C26H38N2O4. The van der Waals surface area contributed by atoms with Gasteiger partial charge in [0.15, 0.2) is 0 Å². The fourth-order valence-electron chi connectivity index (χ4n) is 3.97. The highest BCUT2D eigenvalue weighted by Gasteiger charge is 2.38. The molecule has 0 aliphatic heterocycles. The van der Waals surface area contributed by atoms with Crippen LogP contribution in [0.15, 0.2) is 52.2 Å². The fraction of sp³-hybridized carbons (Fsp3) is 0.577. The van der Waals surface area contributed by atoms with Crippen molar-refractivity contribution in [3.63, 3.8) is 0 Å². The van der Waals surface area contributed by atoms with E-state index in [2.05, 4.69) is 27.7 Å². The lowest BCUT2D eigenvalue weighted by molar-refractivity contribution is -0.159. The van der Waals surface area contributed by atoms with Gasteiger partial charge >= 0.3 is 11.7 Å². The normalized spacial score (nSPS) is 13.3. The molecule has 1 heterocycles. The van der Waals surface area contributed by atoms with Gasteiger partial charge < -0.3 is 4.74 Å². The van der Waals surface area contributed by atoms with Crippen molar-refractivity contribution in [2.24, 2.45) is 17.3 Å². The van der Waals surface area contributed by atoms with Crippen LogP contribution in [0.1, 0.15) is 66.7 Å². The summed E-state index contributed by atoms with van der Waals surface area (Å²) in [5.74, 6) is 0.544. The predicted octanol–water partition coefficient (Wildman–Crippen LogP) is 4.81. The zero-order valence-corrected chi connectivity index (χ0v) is 20.2. The van der Waals surface area contributed by atoms with Crippen LogP contribution in [0.5, 0.6) is 0 Å². The first kappa shape index (κ1) is 25.6. The van der Waals surface area contributed by atoms with Crippen LogP contribution >= 0.6 is 0 Å². The van der Waals surface area contributed by atoms with Gasteiger partial charge in [-0.3, -0.25) is 18.7 Å². The Labute approximate surface area is 191 Å². The van der Waals surface area contributed by atoms with Crippen LogP contribution in [0, 0.1) is 17.3 Å². The number of carbonyl (C=O) groups excluding carboxylic acids is 1. The summed E-state index contributed by atoms with van der Waals surface area (Å²) >= 11 is 0. The number of carbonyl (C=O) groups is 1. The molecule has 1 unspecified atom stereocenters. The fourth-order valence-corrected chi connectivity index (χ4v) is 3.97. The highest BCUT2D eigenvalue weighted by Crippen LogP contribution is 2.35. The van der Waals surface area contributed by atoms with Crippen molar-refractivity contribution in [3.05, 3.63) is 63.4 Å². The van der Waals surface area contributed by atoms with E-state index in [0.29, 0.717) is 19.1 Å². The topological polar surface area (TPSA) is 70.3 Å². The molecule has 176 valence electrons. The number of esters is 1. The van der Waals surface area contributed by atoms with Crippen molar-refractivity contribution in [2.45, 2.75) is 73.3 Å². The van der Waals surface area contributed by atoms with Gasteiger partial charge in [-0.15, -0.1) is 0 Å². The lowest BCUT2D eigenvalue weighted by Gasteiger charge is -2.32. The Morgan fingerprint density at radius 3 is 2.25 bits per heavy atom. The lowest BCUT2D eigenvalue weighted by Crippen LogP contribution is -2.38. The van der Waals surface area contributed by atoms with E-state index < -0.39 is 5.41 Å². The molecular weight excluding hydrogens is 404 g/mol. The minimum absolute atomic E-state index is 0.112. The number of rotatable bonds is 12. The standard InChI is InChI=1S/C26H38N2O4/c1-20(2)19-26(5,21(3)4)24(30)32-18-12-7-6-11-16-28-23(29)15-17-27(25(28)31)22-13-9-8-10-14-22/h8-10,13-15,17,20-21H,6-7,11-12,16,18-19H2,1-5H3. The number of ether oxygens (including phenoxy) is 1. The molecule has 0 aliphatic carbocycles. The SMILES string of the molecule is CC(C)CC(C)(C(=O)OCCCCCCn1c(=O)ccn(-c2ccccc2)c1=O)C(C)C. The van der Waals surface area contributed by atoms with E-state index in [1.807, 2.05) is 37.3 Å². The molecule has 6 nitrogen and oxygen atoms in total. The van der Waals surface area contributed by atoms with Crippen LogP contribution in [0.25, 0.3) is 5.69 Å². The Bertz CT molecular complexity index is 975. The molecule has 0 aliphatic rings. The van der Waals surface area contributed by atoms with E-state index >= 15 is 0 Å². The van der Waals surface area contributed by atoms with Crippen molar-refractivity contribution in [2.75, 3.05) is 6.61 Å². The largest absolute Gasteiger partial charge is 0.465 e. The predicted molar refractivity (Wildman–Crippen MR) is 128 cm³/mol. The minimum Gasteiger partial charge on any atom is -0.465 e. The van der Waals surface area contributed by atoms with E-state index in [1.165, 1.54) is 21.4 Å². The third kappa shape index (κ3) is 6.68. The average molecular weight is 443 g/mol. The maximum atomic E-state index is 12.7. The van der Waals surface area contributed by atoms with Crippen molar-refractivity contribution < 1.29 is 9.53 Å². The first-order valence-corrected chi connectivity index (χ1v) is 11.7. The number of benzene rings is 1. The van der Waals surface area contributed by atoms with Crippen LogP contribution in [-0.4, -0.2) is 21.7 Å². The molecule has 6 heteroatoms. The Balaban J connectivity index is 1.81. The highest BCUT2D eigenvalue weighted by atomic mass is 16.5. The molecule has 0 spiro atoms. The number of hydrogen-bond donors (Lipinski definition) is 0. The van der Waals surface area contributed by atoms with Crippen LogP contribution < -0.4 is 11.2 Å². The molecule has 2 rings (SSSR count). The second kappa shape index (κ2) is 11.8. The van der Waals surface area contributed by atoms with Gasteiger partial charge in [-0.2, -0.15) is 0 Å². The molecule has 2 aromatic rings. The summed E-state index contributed by atoms with van der Waals surface area (Å²) in [5, 5.41) is 0. The Kier molecular flexibility index (Phi) is 9.48. The third-order valence-corrected chi connectivity index (χ3v) is 6.19. The number of nitrogens with zero attached hydrogens (tertiary/aromatic N) is 2. The van der Waals surface area contributed by atoms with Crippen LogP contribution in [-0.2, 0) is 16.1 Å². The van der Waals surface area contributed by atoms with Gasteiger partial charge in [0.1, 0.15) is 0 Å². The smallest absolute Gasteiger partial charge is 0.335 e. The molecule has 0 bridgehead atoms. The minimum atomic E-state index is -0.457. The molecule has 1 aromatic carbocycles. The summed E-state index contributed by atoms with van der Waals surface area (Å²) in [6, 6.07) is 10.7. The molecule has 0 amide bonds. The number of aromatic nitrogens is 2. The summed E-state index contributed by atoms with van der Waals surface area (Å²) in [5.41, 5.74) is -0.328. The van der Waals surface area contributed by atoms with Gasteiger partial charge in [-0.25, -0.2) is 4.79 Å². The monoisotopic (exact) mass is 442 g/mol. The van der Waals surface area contributed by atoms with Gasteiger partial charge in [0.2, 0.25) is 0 Å².